The Morgan fingerprint density at radius 2 is 0.760 bits per heavy atom. The van der Waals surface area contributed by atoms with Gasteiger partial charge in [0.05, 0.1) is 0 Å². The predicted molar refractivity (Wildman–Crippen MR) is 120 cm³/mol. The second kappa shape index (κ2) is 18.2. The van der Waals surface area contributed by atoms with Crippen LogP contribution >= 0.6 is 0 Å². The van der Waals surface area contributed by atoms with Crippen molar-refractivity contribution in [3.05, 3.63) is 0 Å². The van der Waals surface area contributed by atoms with Gasteiger partial charge in [-0.25, -0.2) is 0 Å². The zero-order valence-corrected chi connectivity index (χ0v) is 21.6. The van der Waals surface area contributed by atoms with E-state index >= 15 is 0 Å². The summed E-state index contributed by atoms with van der Waals surface area (Å²) in [5, 5.41) is 0. The first-order chi connectivity index (χ1) is 12.2. The number of hydrogen-bond donors (Lipinski definition) is 0. The van der Waals surface area contributed by atoms with E-state index in [1.807, 2.05) is 0 Å². The van der Waals surface area contributed by atoms with E-state index in [0.717, 1.165) is 0 Å². The van der Waals surface area contributed by atoms with Crippen LogP contribution in [0.3, 0.4) is 0 Å². The molecule has 0 aliphatic heterocycles. The fourth-order valence-electron chi connectivity index (χ4n) is 4.35. The third-order valence-corrected chi connectivity index (χ3v) is 15.3. The Bertz CT molecular complexity index is 231. The number of rotatable bonds is 19. The number of unbranched alkanes of at least 4 members (excludes halogenated alkanes) is 5. The second-order valence-corrected chi connectivity index (χ2v) is 17.2. The normalized spacial score (nSPS) is 12.2. The van der Waals surface area contributed by atoms with Crippen molar-refractivity contribution in [2.75, 3.05) is 0 Å². The van der Waals surface area contributed by atoms with E-state index in [1.54, 1.807) is 26.2 Å². The zero-order chi connectivity index (χ0) is 18.8. The molecular formula is C24H51Sn. The Balaban J connectivity index is 4.64. The molecule has 0 atom stereocenters. The molecular weight excluding hydrogens is 407 g/mol. The number of hydrogen-bond acceptors (Lipinski definition) is 0. The molecule has 0 N–H and O–H groups in total. The molecule has 1 radical (unpaired) electrons. The molecule has 0 amide bonds. The first-order valence-electron chi connectivity index (χ1n) is 12.0. The molecule has 0 unspecified atom stereocenters. The minimum absolute atomic E-state index is 0.714. The molecule has 0 aromatic carbocycles. The molecule has 0 heterocycles. The molecule has 0 bridgehead atoms. The van der Waals surface area contributed by atoms with Gasteiger partial charge in [-0.15, -0.1) is 0 Å². The molecule has 0 aliphatic rings. The summed E-state index contributed by atoms with van der Waals surface area (Å²) in [6.07, 6.45) is 22.2. The van der Waals surface area contributed by atoms with Crippen LogP contribution in [0.4, 0.5) is 0 Å². The summed E-state index contributed by atoms with van der Waals surface area (Å²) in [7, 11) is 0. The van der Waals surface area contributed by atoms with Crippen LogP contribution in [0, 0.1) is 5.41 Å². The van der Waals surface area contributed by atoms with E-state index in [-0.39, 0.29) is 0 Å². The molecule has 0 rings (SSSR count). The topological polar surface area (TPSA) is 0 Å². The van der Waals surface area contributed by atoms with Crippen LogP contribution < -0.4 is 0 Å². The van der Waals surface area contributed by atoms with Gasteiger partial charge in [0.25, 0.3) is 0 Å². The van der Waals surface area contributed by atoms with Crippen molar-refractivity contribution in [3.63, 3.8) is 0 Å². The zero-order valence-electron chi connectivity index (χ0n) is 18.7. The summed E-state index contributed by atoms with van der Waals surface area (Å²) >= 11 is -1.05. The average Bonchev–Trinajstić information content (AvgIpc) is 2.64. The summed E-state index contributed by atoms with van der Waals surface area (Å²) in [5.74, 6) is 0. The van der Waals surface area contributed by atoms with Gasteiger partial charge in [0.15, 0.2) is 0 Å². The first kappa shape index (κ1) is 25.8. The second-order valence-electron chi connectivity index (χ2n) is 8.62. The van der Waals surface area contributed by atoms with E-state index in [4.69, 9.17) is 0 Å². The third kappa shape index (κ3) is 13.6. The quantitative estimate of drug-likeness (QED) is 0.169. The maximum absolute atomic E-state index is 2.38. The van der Waals surface area contributed by atoms with Gasteiger partial charge < -0.3 is 0 Å². The van der Waals surface area contributed by atoms with Crippen molar-refractivity contribution in [1.82, 2.24) is 0 Å². The van der Waals surface area contributed by atoms with E-state index in [1.165, 1.54) is 83.5 Å². The van der Waals surface area contributed by atoms with E-state index < -0.39 is 19.8 Å². The molecule has 0 aromatic rings. The Morgan fingerprint density at radius 3 is 1.12 bits per heavy atom. The van der Waals surface area contributed by atoms with E-state index in [0.29, 0.717) is 5.41 Å². The molecule has 1 heteroatoms. The van der Waals surface area contributed by atoms with Crippen LogP contribution in [0.1, 0.15) is 131 Å². The minimum atomic E-state index is -1.05. The Labute approximate surface area is 169 Å². The van der Waals surface area contributed by atoms with Gasteiger partial charge in [-0.1, -0.05) is 0 Å². The summed E-state index contributed by atoms with van der Waals surface area (Å²) < 4.78 is 5.07. The van der Waals surface area contributed by atoms with Gasteiger partial charge in [-0.3, -0.25) is 0 Å². The fourth-order valence-corrected chi connectivity index (χ4v) is 13.3. The molecule has 0 spiro atoms. The molecule has 0 aliphatic carbocycles. The summed E-state index contributed by atoms with van der Waals surface area (Å²) in [4.78, 5) is 0. The van der Waals surface area contributed by atoms with Crippen molar-refractivity contribution >= 4 is 19.8 Å². The third-order valence-electron chi connectivity index (χ3n) is 6.19. The van der Waals surface area contributed by atoms with Gasteiger partial charge in [0.1, 0.15) is 0 Å². The van der Waals surface area contributed by atoms with Crippen LogP contribution in [-0.4, -0.2) is 19.8 Å². The van der Waals surface area contributed by atoms with Crippen LogP contribution in [0.15, 0.2) is 0 Å². The molecule has 0 saturated carbocycles. The van der Waals surface area contributed by atoms with E-state index in [2.05, 4.69) is 34.6 Å². The molecule has 25 heavy (non-hydrogen) atoms. The van der Waals surface area contributed by atoms with Gasteiger partial charge in [-0.05, 0) is 0 Å². The van der Waals surface area contributed by atoms with Crippen LogP contribution in [0.25, 0.3) is 0 Å². The van der Waals surface area contributed by atoms with Crippen LogP contribution in [-0.2, 0) is 0 Å². The molecule has 0 fully saturated rings. The summed E-state index contributed by atoms with van der Waals surface area (Å²) in [6.45, 7) is 11.9. The van der Waals surface area contributed by atoms with Gasteiger partial charge in [0.2, 0.25) is 0 Å². The standard InChI is InChI=1S/C16H33.2C4H9.Sn/c1-5-9-13-16(12-8-4,14-10-6-2)15-11-7-3;2*1-3-4-2;/h4-15H2,1-3H3;2*1,3-4H2,2H3;. The van der Waals surface area contributed by atoms with E-state index in [9.17, 15) is 0 Å². The Kier molecular flexibility index (Phi) is 18.8. The van der Waals surface area contributed by atoms with Crippen molar-refractivity contribution in [3.8, 4) is 0 Å². The fraction of sp³-hybridized carbons (Fsp3) is 1.00. The molecule has 0 aromatic heterocycles. The van der Waals surface area contributed by atoms with Crippen molar-refractivity contribution < 1.29 is 0 Å². The SMILES string of the molecule is CCC[CH2][Sn]([CH2]CCC)[CH2]CCC(CCCC)(CCCC)CCCC. The molecule has 0 saturated heterocycles. The molecule has 0 nitrogen and oxygen atoms in total. The predicted octanol–water partition coefficient (Wildman–Crippen LogP) is 9.42. The maximum atomic E-state index is 2.38. The first-order valence-corrected chi connectivity index (χ1v) is 18.1. The van der Waals surface area contributed by atoms with Crippen molar-refractivity contribution in [1.29, 1.82) is 0 Å². The summed E-state index contributed by atoms with van der Waals surface area (Å²) in [5.41, 5.74) is 0.714. The molecule has 151 valence electrons. The van der Waals surface area contributed by atoms with Gasteiger partial charge in [-0.2, -0.15) is 0 Å². The Hall–Kier alpha value is 0.799. The summed E-state index contributed by atoms with van der Waals surface area (Å²) in [6, 6.07) is 0. The van der Waals surface area contributed by atoms with Gasteiger partial charge >= 0.3 is 169 Å². The van der Waals surface area contributed by atoms with Crippen molar-refractivity contribution in [2.45, 2.75) is 144 Å². The monoisotopic (exact) mass is 459 g/mol. The Morgan fingerprint density at radius 1 is 0.440 bits per heavy atom. The van der Waals surface area contributed by atoms with Crippen molar-refractivity contribution in [2.24, 2.45) is 5.41 Å². The van der Waals surface area contributed by atoms with Gasteiger partial charge in [0, 0.05) is 0 Å². The van der Waals surface area contributed by atoms with Crippen LogP contribution in [0.5, 0.6) is 0 Å². The average molecular weight is 458 g/mol. The van der Waals surface area contributed by atoms with Crippen LogP contribution in [0.2, 0.25) is 13.3 Å².